The zero-order valence-corrected chi connectivity index (χ0v) is 14.5. The van der Waals surface area contributed by atoms with Crippen molar-refractivity contribution in [1.29, 1.82) is 0 Å². The van der Waals surface area contributed by atoms with Crippen molar-refractivity contribution in [3.63, 3.8) is 0 Å². The minimum absolute atomic E-state index is 0.0770. The molecule has 0 aliphatic rings. The largest absolute Gasteiger partial charge is 0.496 e. The van der Waals surface area contributed by atoms with Gasteiger partial charge in [-0.3, -0.25) is 0 Å². The van der Waals surface area contributed by atoms with E-state index in [1.165, 1.54) is 16.7 Å². The highest BCUT2D eigenvalue weighted by Gasteiger charge is 2.27. The molecule has 1 aromatic rings. The van der Waals surface area contributed by atoms with Crippen LogP contribution in [0.25, 0.3) is 0 Å². The molecule has 1 aromatic carbocycles. The zero-order valence-electron chi connectivity index (χ0n) is 14.5. The highest BCUT2D eigenvalue weighted by atomic mass is 16.5. The van der Waals surface area contributed by atoms with Crippen molar-refractivity contribution in [2.24, 2.45) is 0 Å². The Morgan fingerprint density at radius 3 is 1.70 bits per heavy atom. The molecular formula is C18H31NO. The van der Waals surface area contributed by atoms with Crippen molar-refractivity contribution in [2.75, 3.05) is 13.7 Å². The number of hydrogen-bond donors (Lipinski definition) is 1. The lowest BCUT2D eigenvalue weighted by Gasteiger charge is -2.30. The van der Waals surface area contributed by atoms with E-state index in [9.17, 15) is 0 Å². The van der Waals surface area contributed by atoms with Crippen LogP contribution in [0.1, 0.15) is 65.2 Å². The quantitative estimate of drug-likeness (QED) is 0.880. The van der Waals surface area contributed by atoms with Gasteiger partial charge in [-0.1, -0.05) is 60.6 Å². The molecule has 2 heteroatoms. The van der Waals surface area contributed by atoms with E-state index in [0.29, 0.717) is 0 Å². The molecule has 2 nitrogen and oxygen atoms in total. The van der Waals surface area contributed by atoms with Gasteiger partial charge in [-0.2, -0.15) is 0 Å². The summed E-state index contributed by atoms with van der Waals surface area (Å²) in [6.07, 6.45) is 0. The lowest BCUT2D eigenvalue weighted by Crippen LogP contribution is -2.21. The number of ether oxygens (including phenoxy) is 1. The minimum Gasteiger partial charge on any atom is -0.496 e. The molecule has 0 aliphatic heterocycles. The maximum Gasteiger partial charge on any atom is 0.126 e. The standard InChI is InChI=1S/C18H31NO/c1-9-19-12-13-10-14(17(2,3)4)16(20-8)15(11-13)18(5,6)7/h10-11,19H,9,12H2,1-8H3. The Hall–Kier alpha value is -1.02. The predicted octanol–water partition coefficient (Wildman–Crippen LogP) is 4.40. The molecule has 1 N–H and O–H groups in total. The minimum atomic E-state index is 0.0770. The molecule has 0 amide bonds. The number of hydrogen-bond acceptors (Lipinski definition) is 2. The van der Waals surface area contributed by atoms with Gasteiger partial charge in [0.05, 0.1) is 7.11 Å². The SMILES string of the molecule is CCNCc1cc(C(C)(C)C)c(OC)c(C(C)(C)C)c1. The second-order valence-corrected chi connectivity index (χ2v) is 7.50. The normalized spacial score (nSPS) is 12.6. The third-order valence-electron chi connectivity index (χ3n) is 3.55. The second-order valence-electron chi connectivity index (χ2n) is 7.50. The molecule has 0 aliphatic carbocycles. The van der Waals surface area contributed by atoms with Crippen LogP contribution < -0.4 is 10.1 Å². The number of nitrogens with one attached hydrogen (secondary N) is 1. The summed E-state index contributed by atoms with van der Waals surface area (Å²) in [5, 5.41) is 3.42. The van der Waals surface area contributed by atoms with E-state index in [1.54, 1.807) is 7.11 Å². The molecular weight excluding hydrogens is 246 g/mol. The predicted molar refractivity (Wildman–Crippen MR) is 87.8 cm³/mol. The van der Waals surface area contributed by atoms with Gasteiger partial charge in [-0.25, -0.2) is 0 Å². The topological polar surface area (TPSA) is 21.3 Å². The second kappa shape index (κ2) is 6.17. The fourth-order valence-electron chi connectivity index (χ4n) is 2.39. The Labute approximate surface area is 124 Å². The average molecular weight is 277 g/mol. The number of methoxy groups -OCH3 is 1. The molecule has 0 saturated carbocycles. The maximum atomic E-state index is 5.77. The van der Waals surface area contributed by atoms with Crippen LogP contribution in [-0.4, -0.2) is 13.7 Å². The summed E-state index contributed by atoms with van der Waals surface area (Å²) in [4.78, 5) is 0. The summed E-state index contributed by atoms with van der Waals surface area (Å²) in [6, 6.07) is 4.58. The van der Waals surface area contributed by atoms with Crippen LogP contribution in [0.5, 0.6) is 5.75 Å². The summed E-state index contributed by atoms with van der Waals surface area (Å²) < 4.78 is 5.77. The fraction of sp³-hybridized carbons (Fsp3) is 0.667. The number of benzene rings is 1. The Bertz CT molecular complexity index is 414. The lowest BCUT2D eigenvalue weighted by atomic mass is 9.78. The first-order chi connectivity index (χ1) is 9.11. The van der Waals surface area contributed by atoms with E-state index < -0.39 is 0 Å². The highest BCUT2D eigenvalue weighted by Crippen LogP contribution is 2.40. The third-order valence-corrected chi connectivity index (χ3v) is 3.55. The Balaban J connectivity index is 3.48. The van der Waals surface area contributed by atoms with Gasteiger partial charge in [-0.15, -0.1) is 0 Å². The summed E-state index contributed by atoms with van der Waals surface area (Å²) in [5.41, 5.74) is 4.07. The molecule has 0 heterocycles. The highest BCUT2D eigenvalue weighted by molar-refractivity contribution is 5.50. The molecule has 1 rings (SSSR count). The van der Waals surface area contributed by atoms with Gasteiger partial charge in [-0.05, 0) is 22.9 Å². The first kappa shape index (κ1) is 17.0. The van der Waals surface area contributed by atoms with Crippen LogP contribution in [0.4, 0.5) is 0 Å². The van der Waals surface area contributed by atoms with Crippen LogP contribution in [0.2, 0.25) is 0 Å². The molecule has 0 unspecified atom stereocenters. The van der Waals surface area contributed by atoms with E-state index in [1.807, 2.05) is 0 Å². The molecule has 114 valence electrons. The zero-order chi connectivity index (χ0) is 15.6. The maximum absolute atomic E-state index is 5.77. The lowest BCUT2D eigenvalue weighted by molar-refractivity contribution is 0.381. The molecule has 0 fully saturated rings. The van der Waals surface area contributed by atoms with Gasteiger partial charge in [0.25, 0.3) is 0 Å². The van der Waals surface area contributed by atoms with E-state index in [-0.39, 0.29) is 10.8 Å². The summed E-state index contributed by atoms with van der Waals surface area (Å²) in [6.45, 7) is 17.5. The van der Waals surface area contributed by atoms with Crippen molar-refractivity contribution in [2.45, 2.75) is 65.8 Å². The molecule has 0 atom stereocenters. The monoisotopic (exact) mass is 277 g/mol. The van der Waals surface area contributed by atoms with Crippen LogP contribution in [0, 0.1) is 0 Å². The average Bonchev–Trinajstić information content (AvgIpc) is 2.32. The van der Waals surface area contributed by atoms with Crippen molar-refractivity contribution < 1.29 is 4.74 Å². The summed E-state index contributed by atoms with van der Waals surface area (Å²) in [5.74, 6) is 1.05. The van der Waals surface area contributed by atoms with Crippen molar-refractivity contribution in [3.05, 3.63) is 28.8 Å². The van der Waals surface area contributed by atoms with Crippen LogP contribution in [0.3, 0.4) is 0 Å². The molecule has 0 saturated heterocycles. The first-order valence-corrected chi connectivity index (χ1v) is 7.53. The Morgan fingerprint density at radius 2 is 1.40 bits per heavy atom. The fourth-order valence-corrected chi connectivity index (χ4v) is 2.39. The van der Waals surface area contributed by atoms with E-state index in [0.717, 1.165) is 18.8 Å². The van der Waals surface area contributed by atoms with Crippen LogP contribution in [0.15, 0.2) is 12.1 Å². The van der Waals surface area contributed by atoms with Crippen molar-refractivity contribution in [1.82, 2.24) is 5.32 Å². The molecule has 20 heavy (non-hydrogen) atoms. The Morgan fingerprint density at radius 1 is 0.950 bits per heavy atom. The van der Waals surface area contributed by atoms with Crippen LogP contribution >= 0.6 is 0 Å². The number of rotatable bonds is 4. The molecule has 0 radical (unpaired) electrons. The first-order valence-electron chi connectivity index (χ1n) is 7.53. The summed E-state index contributed by atoms with van der Waals surface area (Å²) in [7, 11) is 1.78. The molecule has 0 aromatic heterocycles. The molecule has 0 bridgehead atoms. The van der Waals surface area contributed by atoms with Crippen molar-refractivity contribution >= 4 is 0 Å². The van der Waals surface area contributed by atoms with Crippen molar-refractivity contribution in [3.8, 4) is 5.75 Å². The van der Waals surface area contributed by atoms with E-state index >= 15 is 0 Å². The summed E-state index contributed by atoms with van der Waals surface area (Å²) >= 11 is 0. The van der Waals surface area contributed by atoms with Gasteiger partial charge in [0.2, 0.25) is 0 Å². The van der Waals surface area contributed by atoms with E-state index in [4.69, 9.17) is 4.74 Å². The van der Waals surface area contributed by atoms with Gasteiger partial charge in [0, 0.05) is 17.7 Å². The van der Waals surface area contributed by atoms with Gasteiger partial charge >= 0.3 is 0 Å². The van der Waals surface area contributed by atoms with Gasteiger partial charge < -0.3 is 10.1 Å². The van der Waals surface area contributed by atoms with Gasteiger partial charge in [0.1, 0.15) is 5.75 Å². The smallest absolute Gasteiger partial charge is 0.126 e. The van der Waals surface area contributed by atoms with E-state index in [2.05, 4.69) is 65.9 Å². The van der Waals surface area contributed by atoms with Crippen LogP contribution in [-0.2, 0) is 17.4 Å². The van der Waals surface area contributed by atoms with Gasteiger partial charge in [0.15, 0.2) is 0 Å². The Kier molecular flexibility index (Phi) is 5.26. The third kappa shape index (κ3) is 3.99. The molecule has 0 spiro atoms.